The molecule has 0 aliphatic rings. The molecule has 0 aliphatic heterocycles. The van der Waals surface area contributed by atoms with Gasteiger partial charge in [-0.05, 0) is 52.8 Å². The van der Waals surface area contributed by atoms with E-state index in [1.54, 1.807) is 17.6 Å². The van der Waals surface area contributed by atoms with Crippen molar-refractivity contribution in [2.24, 2.45) is 0 Å². The Balaban J connectivity index is 3.22. The maximum absolute atomic E-state index is 13.6. The Morgan fingerprint density at radius 1 is 1.33 bits per heavy atom. The molecule has 0 heterocycles. The van der Waals surface area contributed by atoms with Crippen LogP contribution in [0.3, 0.4) is 0 Å². The zero-order valence-electron chi connectivity index (χ0n) is 14.1. The molecular formula is C21H22FNS. The van der Waals surface area contributed by atoms with Gasteiger partial charge in [-0.15, -0.1) is 6.42 Å². The number of hydrogen-bond acceptors (Lipinski definition) is 2. The molecule has 1 N–H and O–H groups in total. The van der Waals surface area contributed by atoms with Gasteiger partial charge < -0.3 is 5.32 Å². The van der Waals surface area contributed by atoms with Crippen LogP contribution >= 0.6 is 12.6 Å². The molecule has 1 aromatic rings. The number of hydrogen-bond donors (Lipinski definition) is 2. The highest BCUT2D eigenvalue weighted by molar-refractivity contribution is 7.83. The first-order chi connectivity index (χ1) is 11.3. The highest BCUT2D eigenvalue weighted by Gasteiger charge is 2.13. The fraction of sp³-hybridized carbons (Fsp3) is 0.143. The summed E-state index contributed by atoms with van der Waals surface area (Å²) in [5, 5.41) is 4.79. The summed E-state index contributed by atoms with van der Waals surface area (Å²) in [7, 11) is 1.81. The van der Waals surface area contributed by atoms with E-state index in [4.69, 9.17) is 6.42 Å². The molecule has 0 spiro atoms. The fourth-order valence-electron chi connectivity index (χ4n) is 2.20. The van der Waals surface area contributed by atoms with Gasteiger partial charge in [0.25, 0.3) is 0 Å². The maximum atomic E-state index is 13.6. The van der Waals surface area contributed by atoms with Gasteiger partial charge in [0.2, 0.25) is 0 Å². The summed E-state index contributed by atoms with van der Waals surface area (Å²) in [5.74, 6) is 2.18. The Morgan fingerprint density at radius 2 is 2.00 bits per heavy atom. The first kappa shape index (κ1) is 19.6. The van der Waals surface area contributed by atoms with Crippen LogP contribution < -0.4 is 5.32 Å². The summed E-state index contributed by atoms with van der Waals surface area (Å²) in [6.45, 7) is 13.7. The van der Waals surface area contributed by atoms with Crippen molar-refractivity contribution >= 4 is 23.8 Å². The Morgan fingerprint density at radius 3 is 2.50 bits per heavy atom. The van der Waals surface area contributed by atoms with Crippen LogP contribution in [0.5, 0.6) is 0 Å². The molecule has 1 nitrogen and oxygen atoms in total. The Kier molecular flexibility index (Phi) is 7.35. The highest BCUT2D eigenvalue weighted by atomic mass is 32.1. The summed E-state index contributed by atoms with van der Waals surface area (Å²) < 4.78 is 13.6. The lowest BCUT2D eigenvalue weighted by atomic mass is 9.91. The van der Waals surface area contributed by atoms with Crippen molar-refractivity contribution < 1.29 is 4.39 Å². The molecule has 0 bridgehead atoms. The second-order valence-electron chi connectivity index (χ2n) is 5.37. The largest absolute Gasteiger partial charge is 0.391 e. The van der Waals surface area contributed by atoms with Crippen molar-refractivity contribution in [3.05, 3.63) is 83.2 Å². The molecule has 124 valence electrons. The van der Waals surface area contributed by atoms with E-state index in [-0.39, 0.29) is 5.82 Å². The standard InChI is InChI=1S/C21H22FNS/c1-7-15(4)10-19(23-6)11-17(13-24)16(5)20-9-8-18(22)12-21(20)14(2)3/h1,8-10,12-13,23-24H,2,4-5,11H2,3,6H3/b17-13-,19-10-. The minimum absolute atomic E-state index is 0.304. The predicted octanol–water partition coefficient (Wildman–Crippen LogP) is 5.37. The highest BCUT2D eigenvalue weighted by Crippen LogP contribution is 2.32. The second-order valence-corrected chi connectivity index (χ2v) is 5.63. The van der Waals surface area contributed by atoms with E-state index in [0.717, 1.165) is 33.5 Å². The second kappa shape index (κ2) is 9.00. The molecule has 3 heteroatoms. The SMILES string of the molecule is C#CC(=C)/C=C(/C/C(=C/S)C(=C)c1ccc(F)cc1C(=C)C)NC. The summed E-state index contributed by atoms with van der Waals surface area (Å²) >= 11 is 4.30. The van der Waals surface area contributed by atoms with Crippen molar-refractivity contribution in [1.29, 1.82) is 0 Å². The smallest absolute Gasteiger partial charge is 0.123 e. The van der Waals surface area contributed by atoms with E-state index in [1.165, 1.54) is 12.1 Å². The molecule has 0 amide bonds. The van der Waals surface area contributed by atoms with Crippen LogP contribution in [0.1, 0.15) is 24.5 Å². The Bertz CT molecular complexity index is 776. The lowest BCUT2D eigenvalue weighted by Crippen LogP contribution is -2.08. The van der Waals surface area contributed by atoms with Gasteiger partial charge >= 0.3 is 0 Å². The number of halogens is 1. The molecular weight excluding hydrogens is 317 g/mol. The zero-order valence-corrected chi connectivity index (χ0v) is 15.0. The van der Waals surface area contributed by atoms with E-state index in [2.05, 4.69) is 43.6 Å². The van der Waals surface area contributed by atoms with Gasteiger partial charge in [0, 0.05) is 24.7 Å². The zero-order chi connectivity index (χ0) is 18.3. The Hall–Kier alpha value is -2.44. The molecule has 24 heavy (non-hydrogen) atoms. The Labute approximate surface area is 149 Å². The maximum Gasteiger partial charge on any atom is 0.123 e. The molecule has 0 fully saturated rings. The van der Waals surface area contributed by atoms with E-state index in [1.807, 2.05) is 14.0 Å². The molecule has 1 aromatic carbocycles. The van der Waals surface area contributed by atoms with Crippen LogP contribution in [-0.4, -0.2) is 7.05 Å². The van der Waals surface area contributed by atoms with E-state index in [9.17, 15) is 4.39 Å². The molecule has 0 radical (unpaired) electrons. The van der Waals surface area contributed by atoms with Crippen LogP contribution in [0.25, 0.3) is 11.1 Å². The lowest BCUT2D eigenvalue weighted by Gasteiger charge is -2.17. The molecule has 0 unspecified atom stereocenters. The average Bonchev–Trinajstić information content (AvgIpc) is 2.57. The first-order valence-electron chi connectivity index (χ1n) is 7.36. The van der Waals surface area contributed by atoms with Crippen LogP contribution in [0.15, 0.2) is 66.3 Å². The van der Waals surface area contributed by atoms with Crippen molar-refractivity contribution in [1.82, 2.24) is 5.32 Å². The fourth-order valence-corrected chi connectivity index (χ4v) is 2.45. The molecule has 0 saturated carbocycles. The van der Waals surface area contributed by atoms with Crippen LogP contribution in [0.4, 0.5) is 4.39 Å². The first-order valence-corrected chi connectivity index (χ1v) is 7.87. The van der Waals surface area contributed by atoms with Gasteiger partial charge in [0.05, 0.1) is 0 Å². The third-order valence-electron chi connectivity index (χ3n) is 3.55. The van der Waals surface area contributed by atoms with Gasteiger partial charge in [-0.3, -0.25) is 0 Å². The van der Waals surface area contributed by atoms with E-state index in [0.29, 0.717) is 12.0 Å². The number of terminal acetylenes is 1. The summed E-state index contributed by atoms with van der Waals surface area (Å²) in [6.07, 6.45) is 7.69. The number of benzene rings is 1. The lowest BCUT2D eigenvalue weighted by molar-refractivity contribution is 0.627. The number of nitrogens with one attached hydrogen (secondary N) is 1. The summed E-state index contributed by atoms with van der Waals surface area (Å²) in [5.41, 5.74) is 5.44. The molecule has 0 atom stereocenters. The molecule has 0 saturated heterocycles. The number of allylic oxidation sites excluding steroid dienone is 5. The summed E-state index contributed by atoms with van der Waals surface area (Å²) in [4.78, 5) is 0. The molecule has 1 rings (SSSR count). The average molecular weight is 339 g/mol. The van der Waals surface area contributed by atoms with Crippen molar-refractivity contribution in [2.75, 3.05) is 7.05 Å². The van der Waals surface area contributed by atoms with Crippen LogP contribution in [0, 0.1) is 18.2 Å². The summed E-state index contributed by atoms with van der Waals surface area (Å²) in [6, 6.07) is 4.59. The topological polar surface area (TPSA) is 12.0 Å². The number of thiol groups is 1. The quantitative estimate of drug-likeness (QED) is 0.387. The predicted molar refractivity (Wildman–Crippen MR) is 107 cm³/mol. The third-order valence-corrected chi connectivity index (χ3v) is 3.86. The minimum Gasteiger partial charge on any atom is -0.391 e. The van der Waals surface area contributed by atoms with Crippen molar-refractivity contribution in [3.63, 3.8) is 0 Å². The monoisotopic (exact) mass is 339 g/mol. The minimum atomic E-state index is -0.304. The van der Waals surface area contributed by atoms with Crippen LogP contribution in [-0.2, 0) is 0 Å². The third kappa shape index (κ3) is 5.04. The van der Waals surface area contributed by atoms with E-state index < -0.39 is 0 Å². The van der Waals surface area contributed by atoms with Crippen LogP contribution in [0.2, 0.25) is 0 Å². The number of rotatable bonds is 7. The van der Waals surface area contributed by atoms with Crippen molar-refractivity contribution in [2.45, 2.75) is 13.3 Å². The van der Waals surface area contributed by atoms with Gasteiger partial charge in [-0.1, -0.05) is 37.3 Å². The van der Waals surface area contributed by atoms with Crippen molar-refractivity contribution in [3.8, 4) is 12.3 Å². The van der Waals surface area contributed by atoms with Gasteiger partial charge in [0.1, 0.15) is 5.82 Å². The molecule has 0 aliphatic carbocycles. The normalized spacial score (nSPS) is 11.6. The van der Waals surface area contributed by atoms with E-state index >= 15 is 0 Å². The van der Waals surface area contributed by atoms with Gasteiger partial charge in [-0.2, -0.15) is 12.6 Å². The van der Waals surface area contributed by atoms with Gasteiger partial charge in [-0.25, -0.2) is 4.39 Å². The molecule has 0 aromatic heterocycles. The van der Waals surface area contributed by atoms with Gasteiger partial charge in [0.15, 0.2) is 0 Å².